The van der Waals surface area contributed by atoms with Crippen LogP contribution in [0.15, 0.2) is 72.1 Å². The van der Waals surface area contributed by atoms with E-state index in [0.29, 0.717) is 17.2 Å². The van der Waals surface area contributed by atoms with E-state index in [2.05, 4.69) is 22.3 Å². The van der Waals surface area contributed by atoms with Crippen molar-refractivity contribution in [3.05, 3.63) is 83.2 Å². The van der Waals surface area contributed by atoms with Gasteiger partial charge in [-0.2, -0.15) is 5.26 Å². The average molecular weight is 410 g/mol. The molecule has 0 amide bonds. The molecule has 0 bridgehead atoms. The number of aromatic amines is 1. The Balaban J connectivity index is 1.73. The molecule has 0 saturated heterocycles. The van der Waals surface area contributed by atoms with E-state index in [1.165, 1.54) is 13.2 Å². The zero-order chi connectivity index (χ0) is 21.5. The molecule has 31 heavy (non-hydrogen) atoms. The number of H-pyrrole nitrogens is 1. The van der Waals surface area contributed by atoms with Crippen molar-refractivity contribution >= 4 is 10.8 Å². The first-order valence-corrected chi connectivity index (χ1v) is 9.62. The highest BCUT2D eigenvalue weighted by Crippen LogP contribution is 2.47. The molecule has 1 aromatic heterocycles. The van der Waals surface area contributed by atoms with Crippen LogP contribution < -0.4 is 15.2 Å². The summed E-state index contributed by atoms with van der Waals surface area (Å²) in [5.41, 5.74) is 9.39. The molecule has 0 radical (unpaired) electrons. The van der Waals surface area contributed by atoms with Gasteiger partial charge in [0.15, 0.2) is 11.5 Å². The first kappa shape index (κ1) is 18.6. The molecule has 0 unspecified atom stereocenters. The minimum absolute atomic E-state index is 0.00334. The number of aromatic nitrogens is 2. The summed E-state index contributed by atoms with van der Waals surface area (Å²) >= 11 is 0. The van der Waals surface area contributed by atoms with Crippen molar-refractivity contribution in [2.45, 2.75) is 5.92 Å². The van der Waals surface area contributed by atoms with Gasteiger partial charge < -0.3 is 20.3 Å². The maximum Gasteiger partial charge on any atom is 0.244 e. The highest BCUT2D eigenvalue weighted by Gasteiger charge is 2.36. The standard InChI is InChI=1S/C24H18N4O3/c1-30-19-11-15(8-9-18(19)29)20-17(12-25)23(26)31-24-21(20)22(27-28-24)16-7-6-13-4-2-3-5-14(13)10-16/h2-11,20,29H,26H2,1H3,(H,27,28)/t20-/m1/s1. The van der Waals surface area contributed by atoms with Crippen LogP contribution in [0.2, 0.25) is 0 Å². The Hall–Kier alpha value is -4.44. The number of nitrogens with two attached hydrogens (primary N) is 1. The van der Waals surface area contributed by atoms with Gasteiger partial charge in [0.1, 0.15) is 11.6 Å². The van der Waals surface area contributed by atoms with E-state index < -0.39 is 5.92 Å². The van der Waals surface area contributed by atoms with Gasteiger partial charge in [-0.3, -0.25) is 5.10 Å². The van der Waals surface area contributed by atoms with Gasteiger partial charge in [-0.15, -0.1) is 5.10 Å². The number of nitriles is 1. The third-order valence-corrected chi connectivity index (χ3v) is 5.51. The number of nitrogens with zero attached hydrogens (tertiary/aromatic N) is 2. The van der Waals surface area contributed by atoms with E-state index in [0.717, 1.165) is 27.6 Å². The van der Waals surface area contributed by atoms with Crippen LogP contribution in [0.3, 0.4) is 0 Å². The van der Waals surface area contributed by atoms with Crippen LogP contribution in [0, 0.1) is 11.3 Å². The molecule has 0 saturated carbocycles. The van der Waals surface area contributed by atoms with Crippen molar-refractivity contribution in [2.24, 2.45) is 5.73 Å². The van der Waals surface area contributed by atoms with Crippen LogP contribution >= 0.6 is 0 Å². The molecule has 152 valence electrons. The van der Waals surface area contributed by atoms with E-state index >= 15 is 0 Å². The van der Waals surface area contributed by atoms with Crippen molar-refractivity contribution in [1.82, 2.24) is 10.2 Å². The van der Waals surface area contributed by atoms with Crippen molar-refractivity contribution < 1.29 is 14.6 Å². The summed E-state index contributed by atoms with van der Waals surface area (Å²) in [5, 5.41) is 29.5. The summed E-state index contributed by atoms with van der Waals surface area (Å²) < 4.78 is 10.9. The number of nitrogens with one attached hydrogen (secondary N) is 1. The molecule has 7 nitrogen and oxygen atoms in total. The average Bonchev–Trinajstić information content (AvgIpc) is 3.21. The second kappa shape index (κ2) is 7.11. The van der Waals surface area contributed by atoms with E-state index in [-0.39, 0.29) is 17.2 Å². The molecule has 5 rings (SSSR count). The van der Waals surface area contributed by atoms with Crippen molar-refractivity contribution in [2.75, 3.05) is 7.11 Å². The van der Waals surface area contributed by atoms with Gasteiger partial charge in [-0.1, -0.05) is 42.5 Å². The number of methoxy groups -OCH3 is 1. The lowest BCUT2D eigenvalue weighted by atomic mass is 9.82. The van der Waals surface area contributed by atoms with E-state index in [1.807, 2.05) is 36.4 Å². The molecule has 1 aliphatic heterocycles. The van der Waals surface area contributed by atoms with Crippen LogP contribution in [0.25, 0.3) is 22.0 Å². The fourth-order valence-electron chi connectivity index (χ4n) is 4.02. The van der Waals surface area contributed by atoms with Crippen LogP contribution in [0.4, 0.5) is 0 Å². The second-order valence-electron chi connectivity index (χ2n) is 7.24. The Morgan fingerprint density at radius 2 is 1.94 bits per heavy atom. The van der Waals surface area contributed by atoms with Crippen molar-refractivity contribution in [3.8, 4) is 34.7 Å². The topological polar surface area (TPSA) is 117 Å². The molecule has 0 spiro atoms. The molecule has 4 aromatic rings. The summed E-state index contributed by atoms with van der Waals surface area (Å²) in [7, 11) is 1.47. The predicted octanol–water partition coefficient (Wildman–Crippen LogP) is 4.16. The van der Waals surface area contributed by atoms with Gasteiger partial charge in [-0.25, -0.2) is 0 Å². The number of rotatable bonds is 3. The fourth-order valence-corrected chi connectivity index (χ4v) is 4.02. The molecule has 4 N–H and O–H groups in total. The lowest BCUT2D eigenvalue weighted by molar-refractivity contribution is 0.371. The van der Waals surface area contributed by atoms with Gasteiger partial charge in [-0.05, 0) is 34.5 Å². The number of fused-ring (bicyclic) bond motifs is 2. The number of phenolic OH excluding ortho intramolecular Hbond substituents is 1. The lowest BCUT2D eigenvalue weighted by Crippen LogP contribution is -2.21. The molecule has 7 heteroatoms. The third-order valence-electron chi connectivity index (χ3n) is 5.51. The number of hydrogen-bond donors (Lipinski definition) is 3. The van der Waals surface area contributed by atoms with Crippen LogP contribution in [-0.2, 0) is 0 Å². The van der Waals surface area contributed by atoms with Gasteiger partial charge in [0, 0.05) is 5.56 Å². The van der Waals surface area contributed by atoms with Crippen LogP contribution in [0.5, 0.6) is 17.4 Å². The lowest BCUT2D eigenvalue weighted by Gasteiger charge is -2.24. The molecule has 0 aliphatic carbocycles. The van der Waals surface area contributed by atoms with Gasteiger partial charge in [0.2, 0.25) is 11.8 Å². The Bertz CT molecular complexity index is 1400. The summed E-state index contributed by atoms with van der Waals surface area (Å²) in [4.78, 5) is 0. The van der Waals surface area contributed by atoms with Crippen molar-refractivity contribution in [3.63, 3.8) is 0 Å². The Labute approximate surface area is 178 Å². The fraction of sp³-hybridized carbons (Fsp3) is 0.0833. The van der Waals surface area contributed by atoms with Crippen LogP contribution in [0.1, 0.15) is 17.0 Å². The van der Waals surface area contributed by atoms with E-state index in [9.17, 15) is 10.4 Å². The largest absolute Gasteiger partial charge is 0.504 e. The molecular formula is C24H18N4O3. The monoisotopic (exact) mass is 410 g/mol. The summed E-state index contributed by atoms with van der Waals surface area (Å²) in [5.74, 6) is 0.0943. The quantitative estimate of drug-likeness (QED) is 0.467. The number of phenols is 1. The van der Waals surface area contributed by atoms with Crippen LogP contribution in [-0.4, -0.2) is 22.4 Å². The first-order valence-electron chi connectivity index (χ1n) is 9.62. The summed E-state index contributed by atoms with van der Waals surface area (Å²) in [6.45, 7) is 0. The molecule has 0 fully saturated rings. The minimum atomic E-state index is -0.538. The highest BCUT2D eigenvalue weighted by atomic mass is 16.5. The third kappa shape index (κ3) is 2.93. The maximum absolute atomic E-state index is 10.0. The highest BCUT2D eigenvalue weighted by molar-refractivity contribution is 5.87. The number of aromatic hydroxyl groups is 1. The minimum Gasteiger partial charge on any atom is -0.504 e. The van der Waals surface area contributed by atoms with Gasteiger partial charge in [0.25, 0.3) is 0 Å². The molecular weight excluding hydrogens is 392 g/mol. The Kier molecular flexibility index (Phi) is 4.26. The number of allylic oxidation sites excluding steroid dienone is 1. The predicted molar refractivity (Wildman–Crippen MR) is 115 cm³/mol. The normalized spacial score (nSPS) is 15.3. The number of hydrogen-bond acceptors (Lipinski definition) is 6. The molecule has 3 aromatic carbocycles. The van der Waals surface area contributed by atoms with Gasteiger partial charge in [0.05, 0.1) is 24.3 Å². The molecule has 1 atom stereocenters. The Morgan fingerprint density at radius 3 is 2.71 bits per heavy atom. The smallest absolute Gasteiger partial charge is 0.244 e. The molecule has 1 aliphatic rings. The van der Waals surface area contributed by atoms with E-state index in [4.69, 9.17) is 15.2 Å². The summed E-state index contributed by atoms with van der Waals surface area (Å²) in [6.07, 6.45) is 0. The maximum atomic E-state index is 10.0. The molecule has 2 heterocycles. The zero-order valence-corrected chi connectivity index (χ0v) is 16.6. The Morgan fingerprint density at radius 1 is 1.13 bits per heavy atom. The van der Waals surface area contributed by atoms with E-state index in [1.54, 1.807) is 12.1 Å². The number of ether oxygens (including phenoxy) is 2. The van der Waals surface area contributed by atoms with Crippen molar-refractivity contribution in [1.29, 1.82) is 5.26 Å². The zero-order valence-electron chi connectivity index (χ0n) is 16.6. The summed E-state index contributed by atoms with van der Waals surface area (Å²) in [6, 6.07) is 21.3. The van der Waals surface area contributed by atoms with Gasteiger partial charge >= 0.3 is 0 Å². The first-order chi connectivity index (χ1) is 15.1. The second-order valence-corrected chi connectivity index (χ2v) is 7.24. The number of benzene rings is 3. The SMILES string of the molecule is COc1cc([C@@H]2C(C#N)=C(N)Oc3n[nH]c(-c4ccc5ccccc5c4)c32)ccc1O.